The normalized spacial score (nSPS) is 10.9. The molecule has 4 rings (SSSR count). The van der Waals surface area contributed by atoms with Gasteiger partial charge in [-0.3, -0.25) is 4.79 Å². The predicted molar refractivity (Wildman–Crippen MR) is 114 cm³/mol. The first-order chi connectivity index (χ1) is 13.7. The van der Waals surface area contributed by atoms with Gasteiger partial charge in [0.2, 0.25) is 5.91 Å². The van der Waals surface area contributed by atoms with E-state index in [1.807, 2.05) is 65.2 Å². The minimum Gasteiger partial charge on any atom is -0.325 e. The van der Waals surface area contributed by atoms with E-state index < -0.39 is 0 Å². The first kappa shape index (κ1) is 18.0. The van der Waals surface area contributed by atoms with Crippen molar-refractivity contribution < 1.29 is 4.79 Å². The maximum atomic E-state index is 12.8. The molecule has 3 aromatic carbocycles. The Morgan fingerprint density at radius 1 is 0.964 bits per heavy atom. The molecule has 0 fully saturated rings. The molecule has 0 aliphatic carbocycles. The van der Waals surface area contributed by atoms with E-state index in [0.717, 1.165) is 40.1 Å². The Labute approximate surface area is 164 Å². The van der Waals surface area contributed by atoms with Gasteiger partial charge in [-0.15, -0.1) is 0 Å². The summed E-state index contributed by atoms with van der Waals surface area (Å²) >= 11 is 0. The van der Waals surface area contributed by atoms with E-state index in [4.69, 9.17) is 4.98 Å². The lowest BCUT2D eigenvalue weighted by Crippen LogP contribution is -2.19. The molecule has 0 unspecified atom stereocenters. The van der Waals surface area contributed by atoms with Crippen LogP contribution in [-0.4, -0.2) is 15.5 Å². The molecule has 0 saturated heterocycles. The maximum Gasteiger partial charge on any atom is 0.244 e. The van der Waals surface area contributed by atoms with Crippen molar-refractivity contribution in [3.63, 3.8) is 0 Å². The highest BCUT2D eigenvalue weighted by Crippen LogP contribution is 2.27. The molecule has 1 aromatic heterocycles. The average molecular weight is 369 g/mol. The maximum absolute atomic E-state index is 12.8. The summed E-state index contributed by atoms with van der Waals surface area (Å²) in [6, 6.07) is 24.0. The number of para-hydroxylation sites is 2. The van der Waals surface area contributed by atoms with E-state index in [1.54, 1.807) is 0 Å². The Hall–Kier alpha value is -3.40. The number of nitrogens with one attached hydrogen (secondary N) is 1. The van der Waals surface area contributed by atoms with Crippen molar-refractivity contribution in [3.05, 3.63) is 83.9 Å². The van der Waals surface area contributed by atoms with Crippen molar-refractivity contribution in [1.29, 1.82) is 0 Å². The molecule has 0 atom stereocenters. The van der Waals surface area contributed by atoms with Crippen molar-refractivity contribution in [2.75, 3.05) is 5.32 Å². The van der Waals surface area contributed by atoms with Gasteiger partial charge in [-0.1, -0.05) is 55.5 Å². The first-order valence-electron chi connectivity index (χ1n) is 9.56. The van der Waals surface area contributed by atoms with Crippen LogP contribution in [0.1, 0.15) is 18.1 Å². The number of aryl methyl sites for hydroxylation is 2. The number of rotatable bonds is 5. The topological polar surface area (TPSA) is 46.9 Å². The SMILES string of the molecule is CCc1ccc(NC(=O)Cn2c(-c3ccccc3C)nc3ccccc32)cc1. The van der Waals surface area contributed by atoms with Crippen molar-refractivity contribution in [3.8, 4) is 11.4 Å². The molecule has 0 aliphatic heterocycles. The minimum absolute atomic E-state index is 0.0674. The molecule has 4 nitrogen and oxygen atoms in total. The van der Waals surface area contributed by atoms with Gasteiger partial charge in [0.25, 0.3) is 0 Å². The smallest absolute Gasteiger partial charge is 0.244 e. The number of nitrogens with zero attached hydrogens (tertiary/aromatic N) is 2. The fraction of sp³-hybridized carbons (Fsp3) is 0.167. The number of amides is 1. The zero-order valence-corrected chi connectivity index (χ0v) is 16.1. The zero-order valence-electron chi connectivity index (χ0n) is 16.1. The highest BCUT2D eigenvalue weighted by molar-refractivity contribution is 5.92. The molecule has 0 radical (unpaired) electrons. The van der Waals surface area contributed by atoms with E-state index in [1.165, 1.54) is 5.56 Å². The van der Waals surface area contributed by atoms with Crippen LogP contribution in [0, 0.1) is 6.92 Å². The highest BCUT2D eigenvalue weighted by Gasteiger charge is 2.16. The van der Waals surface area contributed by atoms with Gasteiger partial charge in [0, 0.05) is 11.3 Å². The Morgan fingerprint density at radius 3 is 2.43 bits per heavy atom. The number of fused-ring (bicyclic) bond motifs is 1. The average Bonchev–Trinajstić information content (AvgIpc) is 3.07. The lowest BCUT2D eigenvalue weighted by molar-refractivity contribution is -0.116. The number of anilines is 1. The second-order valence-electron chi connectivity index (χ2n) is 6.92. The van der Waals surface area contributed by atoms with Gasteiger partial charge >= 0.3 is 0 Å². The molecule has 0 saturated carbocycles. The summed E-state index contributed by atoms with van der Waals surface area (Å²) in [5, 5.41) is 3.00. The summed E-state index contributed by atoms with van der Waals surface area (Å²) in [5.74, 6) is 0.748. The van der Waals surface area contributed by atoms with E-state index in [0.29, 0.717) is 0 Å². The van der Waals surface area contributed by atoms with Crippen LogP contribution >= 0.6 is 0 Å². The molecular formula is C24H23N3O. The quantitative estimate of drug-likeness (QED) is 0.525. The molecule has 4 aromatic rings. The third-order valence-electron chi connectivity index (χ3n) is 4.99. The van der Waals surface area contributed by atoms with Gasteiger partial charge in [0.15, 0.2) is 0 Å². The lowest BCUT2D eigenvalue weighted by atomic mass is 10.1. The standard InChI is InChI=1S/C24H23N3O/c1-3-18-12-14-19(15-13-18)25-23(28)16-27-22-11-7-6-10-21(22)26-24(27)20-9-5-4-8-17(20)2/h4-15H,3,16H2,1-2H3,(H,25,28). The predicted octanol–water partition coefficient (Wildman–Crippen LogP) is 5.21. The Morgan fingerprint density at radius 2 is 1.68 bits per heavy atom. The highest BCUT2D eigenvalue weighted by atomic mass is 16.1. The fourth-order valence-electron chi connectivity index (χ4n) is 3.43. The van der Waals surface area contributed by atoms with E-state index in [2.05, 4.69) is 31.3 Å². The molecule has 1 amide bonds. The van der Waals surface area contributed by atoms with Crippen LogP contribution < -0.4 is 5.32 Å². The second kappa shape index (κ2) is 7.69. The van der Waals surface area contributed by atoms with Crippen molar-refractivity contribution in [2.24, 2.45) is 0 Å². The van der Waals surface area contributed by atoms with Crippen LogP contribution in [-0.2, 0) is 17.8 Å². The van der Waals surface area contributed by atoms with Crippen LogP contribution in [0.2, 0.25) is 0 Å². The fourth-order valence-corrected chi connectivity index (χ4v) is 3.43. The number of imidazole rings is 1. The summed E-state index contributed by atoms with van der Waals surface area (Å²) in [6.07, 6.45) is 0.981. The van der Waals surface area contributed by atoms with Gasteiger partial charge in [-0.05, 0) is 48.7 Å². The number of benzene rings is 3. The summed E-state index contributed by atoms with van der Waals surface area (Å²) in [6.45, 7) is 4.39. The van der Waals surface area contributed by atoms with Crippen molar-refractivity contribution >= 4 is 22.6 Å². The largest absolute Gasteiger partial charge is 0.325 e. The minimum atomic E-state index is -0.0674. The number of hydrogen-bond acceptors (Lipinski definition) is 2. The molecular weight excluding hydrogens is 346 g/mol. The molecule has 0 spiro atoms. The summed E-state index contributed by atoms with van der Waals surface area (Å²) < 4.78 is 1.99. The molecule has 1 N–H and O–H groups in total. The van der Waals surface area contributed by atoms with Gasteiger partial charge in [-0.2, -0.15) is 0 Å². The molecule has 28 heavy (non-hydrogen) atoms. The summed E-state index contributed by atoms with van der Waals surface area (Å²) in [5.41, 5.74) is 6.08. The van der Waals surface area contributed by atoms with Gasteiger partial charge in [-0.25, -0.2) is 4.98 Å². The van der Waals surface area contributed by atoms with E-state index >= 15 is 0 Å². The number of aromatic nitrogens is 2. The molecule has 0 aliphatic rings. The van der Waals surface area contributed by atoms with E-state index in [9.17, 15) is 4.79 Å². The number of hydrogen-bond donors (Lipinski definition) is 1. The summed E-state index contributed by atoms with van der Waals surface area (Å²) in [7, 11) is 0. The number of carbonyl (C=O) groups is 1. The second-order valence-corrected chi connectivity index (χ2v) is 6.92. The molecule has 0 bridgehead atoms. The van der Waals surface area contributed by atoms with Crippen molar-refractivity contribution in [1.82, 2.24) is 9.55 Å². The Kier molecular flexibility index (Phi) is 4.94. The monoisotopic (exact) mass is 369 g/mol. The first-order valence-corrected chi connectivity index (χ1v) is 9.56. The zero-order chi connectivity index (χ0) is 19.5. The molecule has 140 valence electrons. The van der Waals surface area contributed by atoms with Crippen LogP contribution in [0.5, 0.6) is 0 Å². The Balaban J connectivity index is 1.68. The van der Waals surface area contributed by atoms with Gasteiger partial charge in [0.05, 0.1) is 11.0 Å². The lowest BCUT2D eigenvalue weighted by Gasteiger charge is -2.12. The van der Waals surface area contributed by atoms with Crippen LogP contribution in [0.4, 0.5) is 5.69 Å². The third kappa shape index (κ3) is 3.54. The van der Waals surface area contributed by atoms with Gasteiger partial charge in [0.1, 0.15) is 12.4 Å². The summed E-state index contributed by atoms with van der Waals surface area (Å²) in [4.78, 5) is 17.6. The Bertz CT molecular complexity index is 1130. The van der Waals surface area contributed by atoms with Crippen LogP contribution in [0.15, 0.2) is 72.8 Å². The molecule has 1 heterocycles. The van der Waals surface area contributed by atoms with Crippen LogP contribution in [0.3, 0.4) is 0 Å². The van der Waals surface area contributed by atoms with Crippen molar-refractivity contribution in [2.45, 2.75) is 26.8 Å². The van der Waals surface area contributed by atoms with Gasteiger partial charge < -0.3 is 9.88 Å². The molecule has 4 heteroatoms. The van der Waals surface area contributed by atoms with E-state index in [-0.39, 0.29) is 12.5 Å². The third-order valence-corrected chi connectivity index (χ3v) is 4.99. The van der Waals surface area contributed by atoms with Crippen LogP contribution in [0.25, 0.3) is 22.4 Å². The number of carbonyl (C=O) groups excluding carboxylic acids is 1.